The number of benzene rings is 1. The maximum Gasteiger partial charge on any atom is 0.240 e. The van der Waals surface area contributed by atoms with Crippen molar-refractivity contribution < 1.29 is 9.86 Å². The standard InChI is InChI=1S/C19H31N3O2/c1-14(2)10-16-12-22(24)19(3,4)13-21(16)18(23)17(20)11-15-8-6-5-7-9-15/h5-9,14,16-17,22H,10-13,20H2,1-4H3/t16?,17-/m0/s1. The second-order valence-electron chi connectivity index (χ2n) is 8.06. The summed E-state index contributed by atoms with van der Waals surface area (Å²) in [5.74, 6) is 0.398. The number of nitrogens with two attached hydrogens (primary N) is 1. The van der Waals surface area contributed by atoms with Crippen molar-refractivity contribution in [3.63, 3.8) is 0 Å². The molecule has 1 amide bonds. The van der Waals surface area contributed by atoms with Crippen LogP contribution in [-0.4, -0.2) is 41.5 Å². The molecule has 0 saturated carbocycles. The number of hydrogen-bond donors (Lipinski definition) is 2. The van der Waals surface area contributed by atoms with E-state index >= 15 is 0 Å². The Hall–Kier alpha value is -1.43. The minimum absolute atomic E-state index is 0.0279. The van der Waals surface area contributed by atoms with E-state index in [1.165, 1.54) is 0 Å². The van der Waals surface area contributed by atoms with Crippen LogP contribution in [0.15, 0.2) is 30.3 Å². The number of carbonyl (C=O) groups excluding carboxylic acids is 1. The summed E-state index contributed by atoms with van der Waals surface area (Å²) in [6.07, 6.45) is 1.37. The van der Waals surface area contributed by atoms with E-state index in [1.807, 2.05) is 49.1 Å². The topological polar surface area (TPSA) is 73.8 Å². The van der Waals surface area contributed by atoms with Crippen LogP contribution in [0.4, 0.5) is 0 Å². The molecule has 1 aliphatic heterocycles. The molecule has 5 heteroatoms. The number of amides is 1. The lowest BCUT2D eigenvalue weighted by atomic mass is 9.92. The summed E-state index contributed by atoms with van der Waals surface area (Å²) >= 11 is 0. The van der Waals surface area contributed by atoms with Gasteiger partial charge in [-0.25, -0.2) is 0 Å². The Morgan fingerprint density at radius 2 is 2.00 bits per heavy atom. The van der Waals surface area contributed by atoms with Crippen molar-refractivity contribution in [2.24, 2.45) is 11.7 Å². The third-order valence-electron chi connectivity index (χ3n) is 4.82. The molecule has 3 atom stereocenters. The zero-order chi connectivity index (χ0) is 17.9. The first-order chi connectivity index (χ1) is 11.2. The van der Waals surface area contributed by atoms with Crippen molar-refractivity contribution in [2.75, 3.05) is 13.1 Å². The zero-order valence-electron chi connectivity index (χ0n) is 15.3. The smallest absolute Gasteiger partial charge is 0.240 e. The van der Waals surface area contributed by atoms with Gasteiger partial charge in [0.15, 0.2) is 0 Å². The van der Waals surface area contributed by atoms with Crippen LogP contribution in [0.5, 0.6) is 0 Å². The fourth-order valence-corrected chi connectivity index (χ4v) is 3.42. The van der Waals surface area contributed by atoms with Gasteiger partial charge < -0.3 is 20.9 Å². The number of nitrogens with zero attached hydrogens (tertiary/aromatic N) is 1. The highest BCUT2D eigenvalue weighted by Crippen LogP contribution is 2.19. The van der Waals surface area contributed by atoms with Gasteiger partial charge in [-0.2, -0.15) is 0 Å². The van der Waals surface area contributed by atoms with Crippen LogP contribution in [0, 0.1) is 11.1 Å². The highest BCUT2D eigenvalue weighted by atomic mass is 16.5. The summed E-state index contributed by atoms with van der Waals surface area (Å²) in [5.41, 5.74) is 6.79. The number of quaternary nitrogens is 1. The predicted octanol–water partition coefficient (Wildman–Crippen LogP) is 0.975. The fourth-order valence-electron chi connectivity index (χ4n) is 3.42. The molecule has 2 unspecified atom stereocenters. The molecule has 0 spiro atoms. The van der Waals surface area contributed by atoms with Crippen LogP contribution < -0.4 is 10.8 Å². The fraction of sp³-hybridized carbons (Fsp3) is 0.632. The molecule has 3 N–H and O–H groups in total. The van der Waals surface area contributed by atoms with Gasteiger partial charge in [-0.15, -0.1) is 0 Å². The van der Waals surface area contributed by atoms with E-state index in [-0.39, 0.29) is 17.0 Å². The summed E-state index contributed by atoms with van der Waals surface area (Å²) in [7, 11) is 0. The monoisotopic (exact) mass is 333 g/mol. The molecule has 1 heterocycles. The highest BCUT2D eigenvalue weighted by molar-refractivity contribution is 5.82. The van der Waals surface area contributed by atoms with Crippen LogP contribution in [0.1, 0.15) is 39.7 Å². The maximum absolute atomic E-state index is 13.0. The number of rotatable bonds is 5. The molecule has 1 fully saturated rings. The quantitative estimate of drug-likeness (QED) is 0.789. The van der Waals surface area contributed by atoms with E-state index in [0.717, 1.165) is 12.0 Å². The van der Waals surface area contributed by atoms with Gasteiger partial charge in [0.25, 0.3) is 0 Å². The molecule has 1 saturated heterocycles. The van der Waals surface area contributed by atoms with Gasteiger partial charge in [0.2, 0.25) is 5.91 Å². The largest absolute Gasteiger partial charge is 0.634 e. The van der Waals surface area contributed by atoms with Crippen LogP contribution in [0.2, 0.25) is 0 Å². The van der Waals surface area contributed by atoms with Crippen LogP contribution in [0.25, 0.3) is 0 Å². The lowest BCUT2D eigenvalue weighted by Gasteiger charge is -2.51. The zero-order valence-corrected chi connectivity index (χ0v) is 15.3. The molecule has 1 aliphatic rings. The minimum atomic E-state index is -0.564. The van der Waals surface area contributed by atoms with E-state index in [0.29, 0.717) is 25.4 Å². The van der Waals surface area contributed by atoms with Gasteiger partial charge in [0.1, 0.15) is 5.54 Å². The Morgan fingerprint density at radius 3 is 2.58 bits per heavy atom. The molecular weight excluding hydrogens is 302 g/mol. The lowest BCUT2D eigenvalue weighted by Crippen LogP contribution is -3.19. The average Bonchev–Trinajstić information content (AvgIpc) is 2.50. The molecule has 24 heavy (non-hydrogen) atoms. The van der Waals surface area contributed by atoms with Crippen molar-refractivity contribution in [1.82, 2.24) is 4.90 Å². The summed E-state index contributed by atoms with van der Waals surface area (Å²) in [6, 6.07) is 9.25. The van der Waals surface area contributed by atoms with Crippen LogP contribution in [-0.2, 0) is 11.2 Å². The van der Waals surface area contributed by atoms with Gasteiger partial charge in [0, 0.05) is 0 Å². The van der Waals surface area contributed by atoms with E-state index in [1.54, 1.807) is 0 Å². The Labute approximate surface area is 145 Å². The van der Waals surface area contributed by atoms with E-state index in [2.05, 4.69) is 13.8 Å². The molecular formula is C19H31N3O2. The Bertz CT molecular complexity index is 545. The van der Waals surface area contributed by atoms with Gasteiger partial charge in [-0.05, 0) is 38.2 Å². The third-order valence-corrected chi connectivity index (χ3v) is 4.82. The molecule has 134 valence electrons. The second kappa shape index (κ2) is 7.64. The molecule has 1 aromatic carbocycles. The number of hydroxylamine groups is 2. The van der Waals surface area contributed by atoms with Gasteiger partial charge >= 0.3 is 0 Å². The van der Waals surface area contributed by atoms with E-state index < -0.39 is 11.6 Å². The normalized spacial score (nSPS) is 24.9. The molecule has 0 aliphatic carbocycles. The van der Waals surface area contributed by atoms with Crippen LogP contribution >= 0.6 is 0 Å². The van der Waals surface area contributed by atoms with Crippen molar-refractivity contribution in [2.45, 2.75) is 58.2 Å². The van der Waals surface area contributed by atoms with E-state index in [9.17, 15) is 10.0 Å². The van der Waals surface area contributed by atoms with Crippen molar-refractivity contribution in [1.29, 1.82) is 0 Å². The Kier molecular flexibility index (Phi) is 6.01. The average molecular weight is 333 g/mol. The first-order valence-corrected chi connectivity index (χ1v) is 8.84. The first-order valence-electron chi connectivity index (χ1n) is 8.84. The summed E-state index contributed by atoms with van der Waals surface area (Å²) < 4.78 is 0. The maximum atomic E-state index is 13.0. The van der Waals surface area contributed by atoms with Gasteiger partial charge in [0.05, 0.1) is 25.2 Å². The molecule has 2 rings (SSSR count). The summed E-state index contributed by atoms with van der Waals surface area (Å²) in [4.78, 5) is 14.8. The number of carbonyl (C=O) groups is 1. The summed E-state index contributed by atoms with van der Waals surface area (Å²) in [6.45, 7) is 8.99. The van der Waals surface area contributed by atoms with Gasteiger partial charge in [-0.1, -0.05) is 44.2 Å². The molecule has 0 bridgehead atoms. The van der Waals surface area contributed by atoms with E-state index in [4.69, 9.17) is 5.73 Å². The minimum Gasteiger partial charge on any atom is -0.634 e. The molecule has 0 radical (unpaired) electrons. The number of hydrogen-bond acceptors (Lipinski definition) is 3. The van der Waals surface area contributed by atoms with Crippen molar-refractivity contribution in [3.05, 3.63) is 41.1 Å². The number of nitrogens with one attached hydrogen (secondary N) is 1. The number of piperazine rings is 1. The Morgan fingerprint density at radius 1 is 1.38 bits per heavy atom. The lowest BCUT2D eigenvalue weighted by molar-refractivity contribution is -0.909. The second-order valence-corrected chi connectivity index (χ2v) is 8.06. The van der Waals surface area contributed by atoms with Crippen molar-refractivity contribution in [3.8, 4) is 0 Å². The first kappa shape index (κ1) is 18.9. The Balaban J connectivity index is 2.13. The molecule has 1 aromatic rings. The SMILES string of the molecule is CC(C)CC1C[NH+]([O-])C(C)(C)CN1C(=O)[C@@H](N)Cc1ccccc1. The molecule has 0 aromatic heterocycles. The van der Waals surface area contributed by atoms with Gasteiger partial charge in [-0.3, -0.25) is 4.79 Å². The highest BCUT2D eigenvalue weighted by Gasteiger charge is 2.42. The summed E-state index contributed by atoms with van der Waals surface area (Å²) in [5, 5.41) is 12.6. The molecule has 5 nitrogen and oxygen atoms in total. The third kappa shape index (κ3) is 4.56. The van der Waals surface area contributed by atoms with Crippen molar-refractivity contribution >= 4 is 5.91 Å². The predicted molar refractivity (Wildman–Crippen MR) is 96.4 cm³/mol. The van der Waals surface area contributed by atoms with Crippen LogP contribution in [0.3, 0.4) is 0 Å².